The van der Waals surface area contributed by atoms with Crippen LogP contribution in [0.5, 0.6) is 5.75 Å². The number of benzene rings is 2. The Kier molecular flexibility index (Phi) is 4.61. The molecule has 0 spiro atoms. The summed E-state index contributed by atoms with van der Waals surface area (Å²) in [5.74, 6) is 0.0109. The van der Waals surface area contributed by atoms with Crippen molar-refractivity contribution in [3.8, 4) is 5.75 Å². The van der Waals surface area contributed by atoms with E-state index in [4.69, 9.17) is 16.3 Å². The van der Waals surface area contributed by atoms with Crippen molar-refractivity contribution in [3.05, 3.63) is 52.5 Å². The van der Waals surface area contributed by atoms with Crippen LogP contribution in [0.3, 0.4) is 0 Å². The van der Waals surface area contributed by atoms with E-state index in [1.165, 1.54) is 16.4 Å². The quantitative estimate of drug-likeness (QED) is 0.826. The zero-order chi connectivity index (χ0) is 19.2. The molecule has 1 aliphatic carbocycles. The number of fused-ring (bicyclic) bond motifs is 1. The summed E-state index contributed by atoms with van der Waals surface area (Å²) in [4.78, 5) is 11.4. The van der Waals surface area contributed by atoms with Gasteiger partial charge >= 0.3 is 0 Å². The largest absolute Gasteiger partial charge is 0.482 e. The van der Waals surface area contributed by atoms with E-state index in [-0.39, 0.29) is 35.0 Å². The Morgan fingerprint density at radius 3 is 2.59 bits per heavy atom. The second-order valence-electron chi connectivity index (χ2n) is 6.88. The first-order valence-electron chi connectivity index (χ1n) is 8.68. The number of anilines is 1. The molecule has 1 aliphatic heterocycles. The van der Waals surface area contributed by atoms with Gasteiger partial charge in [0.25, 0.3) is 5.91 Å². The monoisotopic (exact) mass is 406 g/mol. The van der Waals surface area contributed by atoms with Crippen molar-refractivity contribution in [2.24, 2.45) is 0 Å². The maximum atomic E-state index is 13.4. The molecule has 1 fully saturated rings. The zero-order valence-electron chi connectivity index (χ0n) is 14.7. The fourth-order valence-corrected chi connectivity index (χ4v) is 5.24. The Bertz CT molecular complexity index is 1000. The molecule has 1 heterocycles. The highest BCUT2D eigenvalue weighted by molar-refractivity contribution is 7.89. The molecule has 0 bridgehead atoms. The number of sulfonamides is 1. The predicted molar refractivity (Wildman–Crippen MR) is 103 cm³/mol. The summed E-state index contributed by atoms with van der Waals surface area (Å²) in [5.41, 5.74) is 2.43. The first-order chi connectivity index (χ1) is 12.8. The van der Waals surface area contributed by atoms with Crippen LogP contribution >= 0.6 is 11.6 Å². The second kappa shape index (κ2) is 6.82. The molecule has 1 amide bonds. The van der Waals surface area contributed by atoms with E-state index >= 15 is 0 Å². The number of aryl methyl sites for hydroxylation is 1. The molecule has 0 aromatic heterocycles. The van der Waals surface area contributed by atoms with Gasteiger partial charge in [-0.25, -0.2) is 8.42 Å². The molecular formula is C19H19ClN2O4S. The highest BCUT2D eigenvalue weighted by Gasteiger charge is 2.39. The Labute approximate surface area is 163 Å². The minimum Gasteiger partial charge on any atom is -0.482 e. The molecule has 2 aromatic rings. The summed E-state index contributed by atoms with van der Waals surface area (Å²) >= 11 is 6.27. The molecule has 0 saturated heterocycles. The van der Waals surface area contributed by atoms with E-state index in [1.807, 2.05) is 31.2 Å². The third kappa shape index (κ3) is 3.67. The van der Waals surface area contributed by atoms with E-state index in [0.29, 0.717) is 11.4 Å². The van der Waals surface area contributed by atoms with Crippen molar-refractivity contribution in [2.45, 2.75) is 37.2 Å². The summed E-state index contributed by atoms with van der Waals surface area (Å²) < 4.78 is 33.6. The zero-order valence-corrected chi connectivity index (χ0v) is 16.3. The summed E-state index contributed by atoms with van der Waals surface area (Å²) in [6.45, 7) is 2.13. The summed E-state index contributed by atoms with van der Waals surface area (Å²) in [5, 5.41) is 2.70. The second-order valence-corrected chi connectivity index (χ2v) is 9.15. The van der Waals surface area contributed by atoms with Gasteiger partial charge in [-0.1, -0.05) is 41.4 Å². The third-order valence-electron chi connectivity index (χ3n) is 4.67. The van der Waals surface area contributed by atoms with Crippen molar-refractivity contribution in [3.63, 3.8) is 0 Å². The van der Waals surface area contributed by atoms with Crippen LogP contribution in [0.2, 0.25) is 5.02 Å². The average molecular weight is 407 g/mol. The normalized spacial score (nSPS) is 16.6. The number of amides is 1. The Morgan fingerprint density at radius 2 is 1.93 bits per heavy atom. The molecule has 142 valence electrons. The van der Waals surface area contributed by atoms with Crippen LogP contribution in [-0.2, 0) is 21.4 Å². The van der Waals surface area contributed by atoms with Gasteiger partial charge in [-0.05, 0) is 31.4 Å². The van der Waals surface area contributed by atoms with Crippen molar-refractivity contribution in [1.82, 2.24) is 4.31 Å². The van der Waals surface area contributed by atoms with Crippen LogP contribution < -0.4 is 10.1 Å². The maximum absolute atomic E-state index is 13.4. The average Bonchev–Trinajstić information content (AvgIpc) is 3.45. The number of hydrogen-bond donors (Lipinski definition) is 1. The number of ether oxygens (including phenoxy) is 1. The van der Waals surface area contributed by atoms with Gasteiger partial charge in [-0.3, -0.25) is 4.79 Å². The van der Waals surface area contributed by atoms with Gasteiger partial charge in [0.05, 0.1) is 10.7 Å². The van der Waals surface area contributed by atoms with Crippen molar-refractivity contribution < 1.29 is 17.9 Å². The van der Waals surface area contributed by atoms with Crippen LogP contribution in [0.25, 0.3) is 0 Å². The van der Waals surface area contributed by atoms with Crippen LogP contribution in [0.1, 0.15) is 24.0 Å². The van der Waals surface area contributed by atoms with E-state index in [9.17, 15) is 13.2 Å². The van der Waals surface area contributed by atoms with Gasteiger partial charge in [0.2, 0.25) is 10.0 Å². The number of nitrogens with one attached hydrogen (secondary N) is 1. The van der Waals surface area contributed by atoms with Gasteiger partial charge in [0.15, 0.2) is 6.61 Å². The number of rotatable bonds is 5. The first-order valence-corrected chi connectivity index (χ1v) is 10.5. The van der Waals surface area contributed by atoms with Crippen LogP contribution in [-0.4, -0.2) is 31.3 Å². The molecule has 4 rings (SSSR count). The van der Waals surface area contributed by atoms with Gasteiger partial charge < -0.3 is 10.1 Å². The highest BCUT2D eigenvalue weighted by atomic mass is 35.5. The lowest BCUT2D eigenvalue weighted by Crippen LogP contribution is -2.33. The van der Waals surface area contributed by atoms with Gasteiger partial charge in [-0.15, -0.1) is 0 Å². The van der Waals surface area contributed by atoms with Crippen LogP contribution in [0.15, 0.2) is 41.3 Å². The van der Waals surface area contributed by atoms with Gasteiger partial charge in [0, 0.05) is 18.7 Å². The fourth-order valence-electron chi connectivity index (χ4n) is 3.05. The minimum atomic E-state index is -3.82. The summed E-state index contributed by atoms with van der Waals surface area (Å²) in [7, 11) is -3.82. The van der Waals surface area contributed by atoms with Crippen LogP contribution in [0.4, 0.5) is 5.69 Å². The first kappa shape index (κ1) is 18.3. The third-order valence-corrected chi connectivity index (χ3v) is 7.03. The lowest BCUT2D eigenvalue weighted by molar-refractivity contribution is -0.118. The predicted octanol–water partition coefficient (Wildman–Crippen LogP) is 3.33. The molecule has 0 radical (unpaired) electrons. The lowest BCUT2D eigenvalue weighted by Gasteiger charge is -2.24. The summed E-state index contributed by atoms with van der Waals surface area (Å²) in [6.07, 6.45) is 1.67. The van der Waals surface area contributed by atoms with Gasteiger partial charge in [0.1, 0.15) is 10.6 Å². The number of hydrogen-bond acceptors (Lipinski definition) is 4. The SMILES string of the molecule is Cc1ccc(CN(C2CC2)S(=O)(=O)c2cc3c(cc2Cl)NC(=O)CO3)cc1. The molecule has 2 aromatic carbocycles. The van der Waals surface area contributed by atoms with Crippen LogP contribution in [0, 0.1) is 6.92 Å². The Morgan fingerprint density at radius 1 is 1.22 bits per heavy atom. The van der Waals surface area contributed by atoms with E-state index in [2.05, 4.69) is 5.32 Å². The number of halogens is 1. The standard InChI is InChI=1S/C19H19ClN2O4S/c1-12-2-4-13(5-3-12)10-22(14-6-7-14)27(24,25)18-9-17-16(8-15(18)20)21-19(23)11-26-17/h2-5,8-9,14H,6-7,10-11H2,1H3,(H,21,23). The maximum Gasteiger partial charge on any atom is 0.262 e. The number of nitrogens with zero attached hydrogens (tertiary/aromatic N) is 1. The van der Waals surface area contributed by atoms with E-state index in [1.54, 1.807) is 0 Å². The molecule has 1 saturated carbocycles. The number of carbonyl (C=O) groups excluding carboxylic acids is 1. The Hall–Kier alpha value is -2.09. The van der Waals surface area contributed by atoms with Crippen molar-refractivity contribution in [2.75, 3.05) is 11.9 Å². The Balaban J connectivity index is 1.70. The molecule has 27 heavy (non-hydrogen) atoms. The smallest absolute Gasteiger partial charge is 0.262 e. The molecule has 1 N–H and O–H groups in total. The number of carbonyl (C=O) groups is 1. The van der Waals surface area contributed by atoms with E-state index in [0.717, 1.165) is 24.0 Å². The van der Waals surface area contributed by atoms with Gasteiger partial charge in [-0.2, -0.15) is 4.31 Å². The molecule has 2 aliphatic rings. The minimum absolute atomic E-state index is 0.00178. The molecule has 0 atom stereocenters. The molecular weight excluding hydrogens is 388 g/mol. The lowest BCUT2D eigenvalue weighted by atomic mass is 10.1. The molecule has 6 nitrogen and oxygen atoms in total. The van der Waals surface area contributed by atoms with E-state index < -0.39 is 10.0 Å². The highest BCUT2D eigenvalue weighted by Crippen LogP contribution is 2.40. The molecule has 8 heteroatoms. The van der Waals surface area contributed by atoms with Crippen molar-refractivity contribution in [1.29, 1.82) is 0 Å². The van der Waals surface area contributed by atoms with Crippen molar-refractivity contribution >= 4 is 33.2 Å². The topological polar surface area (TPSA) is 75.7 Å². The summed E-state index contributed by atoms with van der Waals surface area (Å²) in [6, 6.07) is 10.6. The molecule has 0 unspecified atom stereocenters. The fraction of sp³-hybridized carbons (Fsp3) is 0.316.